The van der Waals surface area contributed by atoms with Crippen LogP contribution in [0, 0.1) is 0 Å². The lowest BCUT2D eigenvalue weighted by molar-refractivity contribution is 0.0671. The third-order valence-electron chi connectivity index (χ3n) is 4.82. The van der Waals surface area contributed by atoms with Crippen molar-refractivity contribution in [3.05, 3.63) is 39.8 Å². The number of rotatable bonds is 7. The molecule has 1 aliphatic heterocycles. The van der Waals surface area contributed by atoms with Gasteiger partial charge in [-0.1, -0.05) is 0 Å². The summed E-state index contributed by atoms with van der Waals surface area (Å²) in [7, 11) is 1.84. The van der Waals surface area contributed by atoms with Crippen molar-refractivity contribution in [2.75, 3.05) is 32.7 Å². The fourth-order valence-electron chi connectivity index (χ4n) is 3.20. The van der Waals surface area contributed by atoms with Gasteiger partial charge in [0.05, 0.1) is 12.7 Å². The highest BCUT2D eigenvalue weighted by atomic mass is 127. The van der Waals surface area contributed by atoms with Crippen molar-refractivity contribution in [3.8, 4) is 0 Å². The number of thiophene rings is 1. The van der Waals surface area contributed by atoms with Crippen molar-refractivity contribution in [2.45, 2.75) is 32.4 Å². The summed E-state index contributed by atoms with van der Waals surface area (Å²) in [5.74, 6) is 0.731. The van der Waals surface area contributed by atoms with Gasteiger partial charge in [0.15, 0.2) is 5.96 Å². The predicted octanol–water partition coefficient (Wildman–Crippen LogP) is 1.92. The van der Waals surface area contributed by atoms with Gasteiger partial charge in [0.1, 0.15) is 5.60 Å². The van der Waals surface area contributed by atoms with E-state index in [0.29, 0.717) is 0 Å². The van der Waals surface area contributed by atoms with E-state index < -0.39 is 5.60 Å². The molecule has 1 unspecified atom stereocenters. The minimum absolute atomic E-state index is 0. The van der Waals surface area contributed by atoms with Gasteiger partial charge in [-0.05, 0) is 37.3 Å². The lowest BCUT2D eigenvalue weighted by Crippen LogP contribution is -2.43. The molecule has 0 bridgehead atoms. The van der Waals surface area contributed by atoms with Gasteiger partial charge in [0.2, 0.25) is 0 Å². The predicted molar refractivity (Wildman–Crippen MR) is 125 cm³/mol. The molecular formula is C19H31IN6OS. The topological polar surface area (TPSA) is 77.7 Å². The van der Waals surface area contributed by atoms with Crippen LogP contribution in [0.5, 0.6) is 0 Å². The first-order chi connectivity index (χ1) is 13.0. The first kappa shape index (κ1) is 23.1. The summed E-state index contributed by atoms with van der Waals surface area (Å²) in [5, 5.41) is 23.7. The second-order valence-corrected chi connectivity index (χ2v) is 8.19. The lowest BCUT2D eigenvalue weighted by atomic mass is 10.0. The Morgan fingerprint density at radius 1 is 1.43 bits per heavy atom. The maximum absolute atomic E-state index is 10.7. The van der Waals surface area contributed by atoms with Gasteiger partial charge < -0.3 is 15.7 Å². The zero-order chi connectivity index (χ0) is 19.3. The minimum atomic E-state index is -1.04. The average Bonchev–Trinajstić information content (AvgIpc) is 3.28. The Kier molecular flexibility index (Phi) is 8.72. The molecule has 1 atom stereocenters. The number of hydrogen-bond acceptors (Lipinski definition) is 5. The van der Waals surface area contributed by atoms with E-state index in [9.17, 15) is 5.11 Å². The van der Waals surface area contributed by atoms with E-state index in [1.54, 1.807) is 17.8 Å². The van der Waals surface area contributed by atoms with Crippen LogP contribution in [0.3, 0.4) is 0 Å². The molecule has 3 N–H and O–H groups in total. The second kappa shape index (κ2) is 10.6. The fourth-order valence-corrected chi connectivity index (χ4v) is 4.09. The van der Waals surface area contributed by atoms with E-state index in [-0.39, 0.29) is 30.5 Å². The zero-order valence-electron chi connectivity index (χ0n) is 16.8. The molecule has 0 radical (unpaired) electrons. The number of halogens is 1. The van der Waals surface area contributed by atoms with Crippen LogP contribution >= 0.6 is 35.3 Å². The summed E-state index contributed by atoms with van der Waals surface area (Å²) in [6, 6.07) is 2.24. The molecule has 28 heavy (non-hydrogen) atoms. The molecule has 7 nitrogen and oxygen atoms in total. The molecule has 3 heterocycles. The number of aliphatic imine (C=N–C) groups is 1. The number of guanidine groups is 1. The van der Waals surface area contributed by atoms with Crippen LogP contribution < -0.4 is 10.6 Å². The number of aryl methyl sites for hydroxylation is 1. The molecule has 0 amide bonds. The standard InChI is InChI=1S/C19H30N6OS.HI/c1-4-20-18(22-14-19(2,26)16-11-23-24(3)13-16)21-7-9-25-8-5-17-15(12-25)6-10-27-17;/h6,10-11,13,26H,4-5,7-9,12,14H2,1-3H3,(H2,20,21,22);1H. The van der Waals surface area contributed by atoms with Crippen molar-refractivity contribution >= 4 is 41.3 Å². The number of aromatic nitrogens is 2. The minimum Gasteiger partial charge on any atom is -0.383 e. The van der Waals surface area contributed by atoms with E-state index in [2.05, 4.69) is 37.1 Å². The van der Waals surface area contributed by atoms with E-state index in [0.717, 1.165) is 50.7 Å². The smallest absolute Gasteiger partial charge is 0.191 e. The van der Waals surface area contributed by atoms with E-state index in [1.165, 1.54) is 10.4 Å². The Morgan fingerprint density at radius 2 is 2.25 bits per heavy atom. The van der Waals surface area contributed by atoms with Gasteiger partial charge in [-0.2, -0.15) is 5.10 Å². The van der Waals surface area contributed by atoms with Crippen LogP contribution in [-0.4, -0.2) is 58.5 Å². The molecule has 0 saturated heterocycles. The molecule has 0 aliphatic carbocycles. The lowest BCUT2D eigenvalue weighted by Gasteiger charge is -2.27. The van der Waals surface area contributed by atoms with Crippen LogP contribution in [0.2, 0.25) is 0 Å². The molecule has 9 heteroatoms. The highest BCUT2D eigenvalue weighted by Crippen LogP contribution is 2.23. The van der Waals surface area contributed by atoms with Gasteiger partial charge in [-0.3, -0.25) is 9.58 Å². The molecule has 1 aliphatic rings. The monoisotopic (exact) mass is 518 g/mol. The Labute approximate surface area is 188 Å². The third-order valence-corrected chi connectivity index (χ3v) is 5.85. The van der Waals surface area contributed by atoms with E-state index >= 15 is 0 Å². The molecule has 3 rings (SSSR count). The van der Waals surface area contributed by atoms with E-state index in [4.69, 9.17) is 0 Å². The summed E-state index contributed by atoms with van der Waals surface area (Å²) in [4.78, 5) is 8.58. The zero-order valence-corrected chi connectivity index (χ0v) is 20.0. The maximum atomic E-state index is 10.7. The highest BCUT2D eigenvalue weighted by Gasteiger charge is 2.24. The number of hydrogen-bond donors (Lipinski definition) is 3. The first-order valence-corrected chi connectivity index (χ1v) is 10.4. The summed E-state index contributed by atoms with van der Waals surface area (Å²) >= 11 is 1.87. The van der Waals surface area contributed by atoms with Crippen LogP contribution in [-0.2, 0) is 25.6 Å². The van der Waals surface area contributed by atoms with Gasteiger partial charge in [0, 0.05) is 56.4 Å². The number of nitrogens with one attached hydrogen (secondary N) is 2. The Hall–Kier alpha value is -1.17. The van der Waals surface area contributed by atoms with Crippen molar-refractivity contribution in [1.82, 2.24) is 25.3 Å². The summed E-state index contributed by atoms with van der Waals surface area (Å²) in [6.07, 6.45) is 4.66. The largest absolute Gasteiger partial charge is 0.383 e. The Morgan fingerprint density at radius 3 is 2.96 bits per heavy atom. The molecular weight excluding hydrogens is 487 g/mol. The summed E-state index contributed by atoms with van der Waals surface area (Å²) in [5.41, 5.74) is 1.20. The van der Waals surface area contributed by atoms with Crippen LogP contribution in [0.15, 0.2) is 28.8 Å². The van der Waals surface area contributed by atoms with Crippen molar-refractivity contribution < 1.29 is 5.11 Å². The normalized spacial score (nSPS) is 16.8. The SMILES string of the molecule is CCNC(=NCC(C)(O)c1cnn(C)c1)NCCN1CCc2sccc2C1.I. The fraction of sp³-hybridized carbons (Fsp3) is 0.579. The molecule has 0 aromatic carbocycles. The van der Waals surface area contributed by atoms with Gasteiger partial charge >= 0.3 is 0 Å². The summed E-state index contributed by atoms with van der Waals surface area (Å²) in [6.45, 7) is 8.79. The highest BCUT2D eigenvalue weighted by molar-refractivity contribution is 14.0. The van der Waals surface area contributed by atoms with Crippen molar-refractivity contribution in [1.29, 1.82) is 0 Å². The van der Waals surface area contributed by atoms with Gasteiger partial charge in [-0.15, -0.1) is 35.3 Å². The molecule has 2 aromatic rings. The average molecular weight is 518 g/mol. The Bertz CT molecular complexity index is 772. The molecule has 0 spiro atoms. The van der Waals surface area contributed by atoms with Crippen molar-refractivity contribution in [3.63, 3.8) is 0 Å². The summed E-state index contributed by atoms with van der Waals surface area (Å²) < 4.78 is 1.69. The molecule has 2 aromatic heterocycles. The first-order valence-electron chi connectivity index (χ1n) is 9.49. The van der Waals surface area contributed by atoms with Crippen LogP contribution in [0.1, 0.15) is 29.9 Å². The number of fused-ring (bicyclic) bond motifs is 1. The number of aliphatic hydroxyl groups is 1. The van der Waals surface area contributed by atoms with Gasteiger partial charge in [0.25, 0.3) is 0 Å². The third kappa shape index (κ3) is 6.16. The van der Waals surface area contributed by atoms with Gasteiger partial charge in [-0.25, -0.2) is 4.99 Å². The Balaban J connectivity index is 0.00000280. The molecule has 156 valence electrons. The van der Waals surface area contributed by atoms with E-state index in [1.807, 2.05) is 31.5 Å². The molecule has 0 saturated carbocycles. The maximum Gasteiger partial charge on any atom is 0.191 e. The van der Waals surface area contributed by atoms with Crippen LogP contribution in [0.4, 0.5) is 0 Å². The number of nitrogens with zero attached hydrogens (tertiary/aromatic N) is 4. The quantitative estimate of drug-likeness (QED) is 0.297. The van der Waals surface area contributed by atoms with Crippen LogP contribution in [0.25, 0.3) is 0 Å². The molecule has 0 fully saturated rings. The van der Waals surface area contributed by atoms with Crippen molar-refractivity contribution in [2.24, 2.45) is 12.0 Å². The second-order valence-electron chi connectivity index (χ2n) is 7.19.